The zero-order chi connectivity index (χ0) is 82.5. The molecule has 23 heteroatoms. The molecule has 12 rings (SSSR count). The molecule has 0 aliphatic heterocycles. The van der Waals surface area contributed by atoms with Gasteiger partial charge in [-0.3, -0.25) is 14.4 Å². The van der Waals surface area contributed by atoms with E-state index in [4.69, 9.17) is 14.2 Å². The van der Waals surface area contributed by atoms with E-state index < -0.39 is 107 Å². The van der Waals surface area contributed by atoms with E-state index in [1.165, 1.54) is 20.8 Å². The summed E-state index contributed by atoms with van der Waals surface area (Å²) in [5.74, 6) is -5.28. The maximum Gasteiger partial charge on any atom is 3.00 e. The number of carboxylic acids is 3. The van der Waals surface area contributed by atoms with Gasteiger partial charge in [-0.15, -0.1) is 36.6 Å². The average molecular weight is 2030 g/mol. The molecule has 12 fully saturated rings. The molecule has 116 heavy (non-hydrogen) atoms. The van der Waals surface area contributed by atoms with Gasteiger partial charge < -0.3 is 74.6 Å². The minimum atomic E-state index is -1.23. The second-order valence-corrected chi connectivity index (χ2v) is 40.7. The first kappa shape index (κ1) is 106. The number of esters is 3. The van der Waals surface area contributed by atoms with Crippen LogP contribution in [0.5, 0.6) is 0 Å². The van der Waals surface area contributed by atoms with E-state index in [-0.39, 0.29) is 261 Å². The summed E-state index contributed by atoms with van der Waals surface area (Å²) < 4.78 is 17.4. The molecular weight excluding hydrogens is 1890 g/mol. The molecule has 0 heterocycles. The van der Waals surface area contributed by atoms with Crippen LogP contribution in [0.1, 0.15) is 299 Å². The first-order valence-corrected chi connectivity index (χ1v) is 42.7. The summed E-state index contributed by atoms with van der Waals surface area (Å²) in [7, 11) is 0. The van der Waals surface area contributed by atoms with Crippen molar-refractivity contribution in [2.45, 2.75) is 354 Å². The predicted octanol–water partition coefficient (Wildman–Crippen LogP) is -0.547. The summed E-state index contributed by atoms with van der Waals surface area (Å²) in [6.45, 7) is 42.2. The number of rotatable bonds is 15. The number of hydrogen-bond acceptors (Lipinski definition) is 18. The van der Waals surface area contributed by atoms with Crippen molar-refractivity contribution < 1.29 is 178 Å². The van der Waals surface area contributed by atoms with Gasteiger partial charge in [0.25, 0.3) is 0 Å². The third-order valence-electron chi connectivity index (χ3n) is 34.5. The van der Waals surface area contributed by atoms with E-state index in [2.05, 4.69) is 83.1 Å². The first-order chi connectivity index (χ1) is 51.5. The predicted molar refractivity (Wildman–Crippen MR) is 418 cm³/mol. The summed E-state index contributed by atoms with van der Waals surface area (Å²) >= 11 is 0. The Kier molecular flexibility index (Phi) is 37.0. The maximum absolute atomic E-state index is 14.2. The number of fused-ring (bicyclic) bond motifs is 15. The fourth-order valence-electron chi connectivity index (χ4n) is 29.2. The van der Waals surface area contributed by atoms with E-state index in [1.807, 2.05) is 59.8 Å². The van der Waals surface area contributed by atoms with E-state index in [1.54, 1.807) is 0 Å². The van der Waals surface area contributed by atoms with Crippen molar-refractivity contribution >= 4 is 88.2 Å². The molecule has 4 radical (unpaired) electrons. The minimum absolute atomic E-state index is 0. The summed E-state index contributed by atoms with van der Waals surface area (Å²) in [6, 6.07) is 0. The van der Waals surface area contributed by atoms with Gasteiger partial charge in [0, 0.05) is 20.8 Å². The smallest absolute Gasteiger partial charge is 0.852 e. The van der Waals surface area contributed by atoms with Gasteiger partial charge in [0.15, 0.2) is 0 Å². The van der Waals surface area contributed by atoms with E-state index >= 15 is 0 Å². The fraction of sp³-hybridized carbons (Fsp3) is 0.806. The number of carbonyl (C=O) groups is 6. The molecule has 0 amide bonds. The second-order valence-electron chi connectivity index (χ2n) is 40.7. The molecule has 0 saturated heterocycles. The Hall–Kier alpha value is -0.214. The van der Waals surface area contributed by atoms with Crippen LogP contribution in [0.4, 0.5) is 0 Å². The minimum Gasteiger partial charge on any atom is -0.852 e. The van der Waals surface area contributed by atoms with Crippen LogP contribution in [0.2, 0.25) is 0 Å². The van der Waals surface area contributed by atoms with Crippen molar-refractivity contribution in [2.75, 3.05) is 0 Å². The summed E-state index contributed by atoms with van der Waals surface area (Å²) in [4.78, 5) is 74.0. The van der Waals surface area contributed by atoms with Gasteiger partial charge in [-0.1, -0.05) is 174 Å². The van der Waals surface area contributed by atoms with E-state index in [0.29, 0.717) is 113 Å². The van der Waals surface area contributed by atoms with Crippen molar-refractivity contribution in [3.8, 4) is 0 Å². The molecule has 0 aromatic heterocycles. The van der Waals surface area contributed by atoms with Crippen molar-refractivity contribution in [1.82, 2.24) is 0 Å². The zero-order valence-corrected chi connectivity index (χ0v) is 88.0. The Balaban J connectivity index is 0.000000304. The normalized spacial score (nSPS) is 44.2. The Labute approximate surface area is 799 Å². The topological polar surface area (TPSA) is 338 Å². The molecular formula is C93H135Bi2Na3O18. The van der Waals surface area contributed by atoms with Crippen molar-refractivity contribution in [2.24, 2.45) is 120 Å². The number of ether oxygens (including phenoxy) is 3. The van der Waals surface area contributed by atoms with Crippen molar-refractivity contribution in [3.63, 3.8) is 0 Å². The SMILES string of the molecule is CC(=O)O[C@H]1C[C@@]2(C)[C@H](C[C@@H]([O-])C3[C@@]4(C)CC[C@@H]([O-])[C@@H](C)C4CC[C@@]32C)C1=C(CCC=C(C)C)C(=O)[O-].CC(=O)O[C@H]1C[C@@]2(C)[C@H](C[C@@H]([O-])C3[C@@]4(C)CC[C@@H]([O-])[C@@H](C)C4CC[C@@]32C)C1=C(CCC=C(C)C)C(=O)[O-].CC(=O)O[C@H]1C[C@@]2(C)[C@H](C[C@@H]([O-])C3[C@@]4(C)CC[C@@H]([O-])[C@@H](C)C4CC[C@@]32C)C1=C(CCC=C(C)C)C(=O)[O-].[Bi+3].[Bi+3].[Na+].[Na+].[Na+]. The van der Waals surface area contributed by atoms with Crippen LogP contribution in [0.3, 0.4) is 0 Å². The molecule has 6 unspecified atom stereocenters. The Morgan fingerprint density at radius 1 is 0.345 bits per heavy atom. The van der Waals surface area contributed by atoms with Crippen LogP contribution >= 0.6 is 0 Å². The molecule has 12 aliphatic carbocycles. The maximum atomic E-state index is 14.2. The fourth-order valence-corrected chi connectivity index (χ4v) is 29.2. The molecule has 12 saturated carbocycles. The van der Waals surface area contributed by atoms with E-state index in [9.17, 15) is 74.7 Å². The van der Waals surface area contributed by atoms with Crippen LogP contribution < -0.4 is 135 Å². The largest absolute Gasteiger partial charge is 3.00 e. The molecule has 0 aromatic carbocycles. The van der Waals surface area contributed by atoms with Crippen LogP contribution in [0.25, 0.3) is 0 Å². The zero-order valence-electron chi connectivity index (χ0n) is 75.1. The Morgan fingerprint density at radius 2 is 0.560 bits per heavy atom. The van der Waals surface area contributed by atoms with Gasteiger partial charge in [0.2, 0.25) is 0 Å². The van der Waals surface area contributed by atoms with Gasteiger partial charge in [0.05, 0.1) is 17.9 Å². The van der Waals surface area contributed by atoms with Gasteiger partial charge >= 0.3 is 159 Å². The van der Waals surface area contributed by atoms with Gasteiger partial charge in [0.1, 0.15) is 18.3 Å². The van der Waals surface area contributed by atoms with E-state index in [0.717, 1.165) is 74.5 Å². The quantitative estimate of drug-likeness (QED) is 0.0653. The number of carboxylic acid groups (broad SMARTS) is 3. The monoisotopic (exact) mass is 2030 g/mol. The van der Waals surface area contributed by atoms with Crippen LogP contribution in [-0.4, -0.2) is 143 Å². The summed E-state index contributed by atoms with van der Waals surface area (Å²) in [5.41, 5.74) is 2.92. The van der Waals surface area contributed by atoms with Gasteiger partial charge in [-0.05, 0) is 293 Å². The van der Waals surface area contributed by atoms with Gasteiger partial charge in [-0.2, -0.15) is 0 Å². The second kappa shape index (κ2) is 40.4. The molecule has 628 valence electrons. The van der Waals surface area contributed by atoms with Gasteiger partial charge in [-0.25, -0.2) is 0 Å². The van der Waals surface area contributed by atoms with Crippen molar-refractivity contribution in [1.29, 1.82) is 0 Å². The third-order valence-corrected chi connectivity index (χ3v) is 34.5. The third kappa shape index (κ3) is 19.0. The molecule has 0 spiro atoms. The number of allylic oxidation sites excluding steroid dienone is 6. The molecule has 30 atom stereocenters. The molecule has 0 bridgehead atoms. The number of aliphatic carboxylic acids is 3. The van der Waals surface area contributed by atoms with Crippen LogP contribution in [0.15, 0.2) is 68.4 Å². The summed E-state index contributed by atoms with van der Waals surface area (Å²) in [6.07, 6.45) is 14.2. The summed E-state index contributed by atoms with van der Waals surface area (Å²) in [5, 5.41) is 118. The Morgan fingerprint density at radius 3 is 0.750 bits per heavy atom. The molecule has 18 nitrogen and oxygen atoms in total. The van der Waals surface area contributed by atoms with Crippen LogP contribution in [-0.2, 0) is 43.0 Å². The molecule has 12 aliphatic rings. The number of hydrogen-bond donors (Lipinski definition) is 0. The average Bonchev–Trinajstić information content (AvgIpc) is 1.39. The number of carbonyl (C=O) groups excluding carboxylic acids is 6. The molecule has 0 aromatic rings. The Bertz CT molecular complexity index is 3390. The van der Waals surface area contributed by atoms with Crippen molar-refractivity contribution in [3.05, 3.63) is 68.4 Å². The molecule has 0 N–H and O–H groups in total. The van der Waals surface area contributed by atoms with Crippen LogP contribution in [0, 0.1) is 120 Å². The first-order valence-electron chi connectivity index (χ1n) is 42.7. The standard InChI is InChI=1S/3C31H46O6.2Bi.3Na/c3*1-17(2)9-8-10-20(28(35)36)26-22-15-24(34)27-29(5)13-12-23(33)18(3)21(29)11-14-30(27,6)31(22,7)16-25(26)37-19(4)32;;;;;/h3*9,18,21-25,27H,8,10-16H2,1-7H3,(H,35,36);;;;;/q3*-2;2*+3;3*+1/p-3/t3*18-,21?,22+,23+,24+,25-,27?,29-,30-,31-;;;;;/m000...../s1.